The van der Waals surface area contributed by atoms with Crippen LogP contribution in [0.3, 0.4) is 0 Å². The number of fused-ring (bicyclic) bond motifs is 10. The van der Waals surface area contributed by atoms with Crippen molar-refractivity contribution in [3.8, 4) is 34.8 Å². The molecule has 5 atom stereocenters. The summed E-state index contributed by atoms with van der Waals surface area (Å²) >= 11 is 0. The first kappa shape index (κ1) is 33.1. The summed E-state index contributed by atoms with van der Waals surface area (Å²) in [5.74, 6) is 2.25. The van der Waals surface area contributed by atoms with Gasteiger partial charge in [0, 0.05) is 48.0 Å². The fourth-order valence-corrected chi connectivity index (χ4v) is 9.16. The average Bonchev–Trinajstić information content (AvgIpc) is 3.71. The Balaban J connectivity index is 1.37. The van der Waals surface area contributed by atoms with E-state index < -0.39 is 12.1 Å². The van der Waals surface area contributed by atoms with E-state index in [2.05, 4.69) is 35.6 Å². The number of ether oxygens (including phenoxy) is 6. The highest BCUT2D eigenvalue weighted by molar-refractivity contribution is 6.21. The lowest BCUT2D eigenvalue weighted by atomic mass is 9.71. The van der Waals surface area contributed by atoms with Crippen molar-refractivity contribution >= 4 is 11.8 Å². The van der Waals surface area contributed by atoms with Crippen molar-refractivity contribution in [1.29, 1.82) is 5.26 Å². The molecule has 5 aliphatic rings. The van der Waals surface area contributed by atoms with Gasteiger partial charge >= 0.3 is 0 Å². The summed E-state index contributed by atoms with van der Waals surface area (Å²) in [6.45, 7) is 8.10. The third kappa shape index (κ3) is 4.75. The zero-order valence-corrected chi connectivity index (χ0v) is 29.4. The van der Waals surface area contributed by atoms with Crippen molar-refractivity contribution in [2.24, 2.45) is 0 Å². The number of benzene rings is 3. The average molecular weight is 693 g/mol. The molecule has 0 aromatic heterocycles. The number of aryl methyl sites for hydroxylation is 1. The molecule has 2 bridgehead atoms. The first-order chi connectivity index (χ1) is 24.7. The molecule has 0 N–H and O–H groups in total. The summed E-state index contributed by atoms with van der Waals surface area (Å²) in [5, 5.41) is 11.1. The minimum atomic E-state index is -0.635. The highest BCUT2D eigenvalue weighted by Gasteiger charge is 2.57. The minimum Gasteiger partial charge on any atom is -0.493 e. The molecule has 0 saturated carbocycles. The van der Waals surface area contributed by atoms with Crippen molar-refractivity contribution in [2.75, 3.05) is 48.0 Å². The molecule has 12 heteroatoms. The van der Waals surface area contributed by atoms with Gasteiger partial charge in [-0.05, 0) is 57.0 Å². The van der Waals surface area contributed by atoms with Crippen LogP contribution in [0.25, 0.3) is 0 Å². The van der Waals surface area contributed by atoms with Crippen LogP contribution in [-0.2, 0) is 17.6 Å². The summed E-state index contributed by atoms with van der Waals surface area (Å²) in [4.78, 5) is 33.7. The molecule has 8 rings (SSSR count). The molecule has 2 amide bonds. The normalized spacial score (nSPS) is 24.3. The third-order valence-electron chi connectivity index (χ3n) is 11.1. The molecule has 51 heavy (non-hydrogen) atoms. The van der Waals surface area contributed by atoms with Gasteiger partial charge in [-0.1, -0.05) is 30.9 Å². The van der Waals surface area contributed by atoms with Gasteiger partial charge in [0.15, 0.2) is 29.8 Å². The van der Waals surface area contributed by atoms with Gasteiger partial charge in [0.2, 0.25) is 6.79 Å². The van der Waals surface area contributed by atoms with E-state index in [0.29, 0.717) is 52.7 Å². The number of nitrogens with zero attached hydrogens (tertiary/aromatic N) is 4. The quantitative estimate of drug-likeness (QED) is 0.177. The van der Waals surface area contributed by atoms with Gasteiger partial charge in [-0.2, -0.15) is 5.26 Å². The number of hydrogen-bond acceptors (Lipinski definition) is 11. The fourth-order valence-electron chi connectivity index (χ4n) is 9.16. The SMILES string of the molecule is C=CCOc1c(C)c2c(c3c1CC1[C@H]4c5c(cc(C)c(OC)c5OCOC)CC(C(C#N)N1[C@H]3CN1C(=O)c3ccccc3C1=O)N4C)OCO2. The second kappa shape index (κ2) is 12.6. The molecule has 0 aliphatic carbocycles. The van der Waals surface area contributed by atoms with Crippen LogP contribution >= 0.6 is 0 Å². The zero-order chi connectivity index (χ0) is 35.7. The van der Waals surface area contributed by atoms with Crippen LogP contribution < -0.4 is 23.7 Å². The van der Waals surface area contributed by atoms with Crippen molar-refractivity contribution < 1.29 is 38.0 Å². The maximum Gasteiger partial charge on any atom is 0.261 e. The van der Waals surface area contributed by atoms with E-state index in [0.717, 1.165) is 33.4 Å². The smallest absolute Gasteiger partial charge is 0.261 e. The molecular weight excluding hydrogens is 652 g/mol. The Labute approximate surface area is 296 Å². The number of nitriles is 1. The van der Waals surface area contributed by atoms with E-state index in [4.69, 9.17) is 28.4 Å². The number of amides is 2. The second-order valence-electron chi connectivity index (χ2n) is 13.6. The van der Waals surface area contributed by atoms with Gasteiger partial charge < -0.3 is 28.4 Å². The summed E-state index contributed by atoms with van der Waals surface area (Å²) < 4.78 is 36.3. The molecule has 1 saturated heterocycles. The summed E-state index contributed by atoms with van der Waals surface area (Å²) in [7, 11) is 5.27. The molecule has 5 heterocycles. The van der Waals surface area contributed by atoms with Gasteiger partial charge in [0.25, 0.3) is 11.8 Å². The van der Waals surface area contributed by atoms with Crippen LogP contribution in [0.2, 0.25) is 0 Å². The van der Waals surface area contributed by atoms with Crippen LogP contribution in [0.5, 0.6) is 28.7 Å². The lowest BCUT2D eigenvalue weighted by Crippen LogP contribution is -2.69. The monoisotopic (exact) mass is 692 g/mol. The number of methoxy groups -OCH3 is 2. The highest BCUT2D eigenvalue weighted by Crippen LogP contribution is 2.59. The van der Waals surface area contributed by atoms with Crippen molar-refractivity contribution in [1.82, 2.24) is 14.7 Å². The maximum absolute atomic E-state index is 13.9. The minimum absolute atomic E-state index is 0.00590. The molecule has 3 unspecified atom stereocenters. The Bertz CT molecular complexity index is 1990. The molecular formula is C39H40N4O8. The molecule has 0 radical (unpaired) electrons. The third-order valence-corrected chi connectivity index (χ3v) is 11.1. The summed E-state index contributed by atoms with van der Waals surface area (Å²) in [5.41, 5.74) is 6.14. The molecule has 12 nitrogen and oxygen atoms in total. The van der Waals surface area contributed by atoms with Crippen molar-refractivity contribution in [3.63, 3.8) is 0 Å². The van der Waals surface area contributed by atoms with E-state index >= 15 is 0 Å². The van der Waals surface area contributed by atoms with Gasteiger partial charge in [-0.15, -0.1) is 0 Å². The fraction of sp³-hybridized carbons (Fsp3) is 0.410. The van der Waals surface area contributed by atoms with Crippen LogP contribution in [0.4, 0.5) is 0 Å². The maximum atomic E-state index is 13.9. The van der Waals surface area contributed by atoms with E-state index in [9.17, 15) is 14.9 Å². The predicted molar refractivity (Wildman–Crippen MR) is 185 cm³/mol. The van der Waals surface area contributed by atoms with E-state index in [1.54, 1.807) is 44.6 Å². The van der Waals surface area contributed by atoms with E-state index in [-0.39, 0.29) is 56.7 Å². The van der Waals surface area contributed by atoms with Gasteiger partial charge in [0.05, 0.1) is 36.4 Å². The standard InChI is InChI=1S/C39H40N4O8/c1-7-12-48-34-21(3)35-37(51-19-50-35)31-25(34)15-27-32-30-22(13-20(2)33(47-6)36(30)49-18-46-5)14-26(41(32)4)28(16-40)43(27)29(31)17-42-38(44)23-10-8-9-11-24(23)39(42)45/h7-11,13,26-29,32H,1,12,14-15,17-19H2,2-6H3/t26?,27?,28?,29-,32-/m0/s1. The molecule has 0 spiro atoms. The lowest BCUT2D eigenvalue weighted by Gasteiger charge is -2.60. The van der Waals surface area contributed by atoms with Crippen molar-refractivity contribution in [2.45, 2.75) is 56.9 Å². The van der Waals surface area contributed by atoms with E-state index in [1.165, 1.54) is 4.90 Å². The van der Waals surface area contributed by atoms with E-state index in [1.807, 2.05) is 13.8 Å². The van der Waals surface area contributed by atoms with Crippen LogP contribution in [0, 0.1) is 25.2 Å². The largest absolute Gasteiger partial charge is 0.493 e. The molecule has 1 fully saturated rings. The highest BCUT2D eigenvalue weighted by atomic mass is 16.7. The number of imide groups is 1. The van der Waals surface area contributed by atoms with Crippen molar-refractivity contribution in [3.05, 3.63) is 87.5 Å². The Morgan fingerprint density at radius 1 is 0.980 bits per heavy atom. The second-order valence-corrected chi connectivity index (χ2v) is 13.6. The van der Waals surface area contributed by atoms with Gasteiger partial charge in [-0.3, -0.25) is 24.3 Å². The number of hydrogen-bond donors (Lipinski definition) is 0. The Hall–Kier alpha value is -5.09. The topological polar surface area (TPSA) is 123 Å². The zero-order valence-electron chi connectivity index (χ0n) is 29.4. The number of likely N-dealkylation sites (N-methyl/N-ethyl adjacent to an activating group) is 1. The Morgan fingerprint density at radius 2 is 1.71 bits per heavy atom. The number of piperazine rings is 1. The first-order valence-corrected chi connectivity index (χ1v) is 17.1. The lowest BCUT2D eigenvalue weighted by molar-refractivity contribution is -0.0766. The molecule has 3 aromatic rings. The predicted octanol–water partition coefficient (Wildman–Crippen LogP) is 4.66. The molecule has 3 aromatic carbocycles. The van der Waals surface area contributed by atoms with Crippen LogP contribution in [-0.4, -0.2) is 92.6 Å². The number of carbonyl (C=O) groups is 2. The van der Waals surface area contributed by atoms with Gasteiger partial charge in [0.1, 0.15) is 18.4 Å². The summed E-state index contributed by atoms with van der Waals surface area (Å²) in [6.07, 6.45) is 2.74. The molecule has 5 aliphatic heterocycles. The first-order valence-electron chi connectivity index (χ1n) is 17.1. The van der Waals surface area contributed by atoms with Crippen LogP contribution in [0.15, 0.2) is 43.0 Å². The van der Waals surface area contributed by atoms with Gasteiger partial charge in [-0.25, -0.2) is 0 Å². The molecule has 264 valence electrons. The number of carbonyl (C=O) groups excluding carboxylic acids is 2. The van der Waals surface area contributed by atoms with Crippen LogP contribution in [0.1, 0.15) is 66.2 Å². The summed E-state index contributed by atoms with van der Waals surface area (Å²) in [6, 6.07) is 9.60. The number of rotatable bonds is 9. The Kier molecular flexibility index (Phi) is 8.17. The Morgan fingerprint density at radius 3 is 2.37 bits per heavy atom.